The number of methoxy groups -OCH3 is 1. The van der Waals surface area contributed by atoms with Crippen molar-refractivity contribution in [1.29, 1.82) is 0 Å². The molecule has 0 unspecified atom stereocenters. The maximum atomic E-state index is 12.3. The average molecular weight is 323 g/mol. The van der Waals surface area contributed by atoms with Crippen LogP contribution in [0, 0.1) is 6.92 Å². The first-order valence-electron chi connectivity index (χ1n) is 7.49. The fraction of sp³-hybridized carbons (Fsp3) is 0.158. The van der Waals surface area contributed by atoms with Crippen LogP contribution in [0.3, 0.4) is 0 Å². The van der Waals surface area contributed by atoms with E-state index >= 15 is 0 Å². The zero-order valence-electron chi connectivity index (χ0n) is 13.5. The van der Waals surface area contributed by atoms with E-state index in [-0.39, 0.29) is 6.61 Å². The van der Waals surface area contributed by atoms with Gasteiger partial charge in [-0.1, -0.05) is 42.0 Å². The molecular formula is C19H17NO4. The molecule has 0 saturated carbocycles. The zero-order chi connectivity index (χ0) is 16.9. The Kier molecular flexibility index (Phi) is 4.61. The first-order chi connectivity index (χ1) is 11.7. The number of hydrogen-bond donors (Lipinski definition) is 0. The highest BCUT2D eigenvalue weighted by atomic mass is 16.5. The highest BCUT2D eigenvalue weighted by molar-refractivity contribution is 5.92. The maximum Gasteiger partial charge on any atom is 0.342 e. The molecule has 0 aliphatic carbocycles. The summed E-state index contributed by atoms with van der Waals surface area (Å²) >= 11 is 0. The fourth-order valence-electron chi connectivity index (χ4n) is 2.30. The van der Waals surface area contributed by atoms with Crippen LogP contribution in [0.2, 0.25) is 0 Å². The number of esters is 1. The van der Waals surface area contributed by atoms with Crippen molar-refractivity contribution in [2.75, 3.05) is 7.11 Å². The van der Waals surface area contributed by atoms with Crippen LogP contribution in [0.4, 0.5) is 0 Å². The van der Waals surface area contributed by atoms with Crippen LogP contribution in [0.5, 0.6) is 5.75 Å². The van der Waals surface area contributed by atoms with Crippen LogP contribution in [0.1, 0.15) is 21.8 Å². The molecule has 2 aromatic carbocycles. The summed E-state index contributed by atoms with van der Waals surface area (Å²) in [5, 5.41) is 0. The van der Waals surface area contributed by atoms with Crippen LogP contribution in [-0.2, 0) is 11.3 Å². The molecule has 0 N–H and O–H groups in total. The van der Waals surface area contributed by atoms with Gasteiger partial charge in [0, 0.05) is 5.56 Å². The van der Waals surface area contributed by atoms with Gasteiger partial charge in [-0.2, -0.15) is 0 Å². The quantitative estimate of drug-likeness (QED) is 0.664. The molecule has 0 aliphatic rings. The molecule has 0 amide bonds. The molecule has 3 rings (SSSR count). The summed E-state index contributed by atoms with van der Waals surface area (Å²) < 4.78 is 16.1. The Bertz CT molecular complexity index is 840. The molecule has 3 aromatic rings. The van der Waals surface area contributed by atoms with Gasteiger partial charge < -0.3 is 13.9 Å². The van der Waals surface area contributed by atoms with E-state index in [0.717, 1.165) is 11.1 Å². The van der Waals surface area contributed by atoms with Gasteiger partial charge in [0.25, 0.3) is 0 Å². The van der Waals surface area contributed by atoms with Crippen molar-refractivity contribution in [1.82, 2.24) is 4.98 Å². The second kappa shape index (κ2) is 7.00. The summed E-state index contributed by atoms with van der Waals surface area (Å²) in [5.74, 6) is 0.974. The number of aromatic nitrogens is 1. The minimum absolute atomic E-state index is 0.0389. The molecule has 24 heavy (non-hydrogen) atoms. The van der Waals surface area contributed by atoms with Crippen LogP contribution in [0.25, 0.3) is 11.3 Å². The topological polar surface area (TPSA) is 61.6 Å². The molecule has 0 aliphatic heterocycles. The molecule has 122 valence electrons. The molecule has 5 heteroatoms. The highest BCUT2D eigenvalue weighted by Crippen LogP contribution is 2.22. The Labute approximate surface area is 139 Å². The minimum Gasteiger partial charge on any atom is -0.496 e. The first kappa shape index (κ1) is 15.8. The van der Waals surface area contributed by atoms with Crippen molar-refractivity contribution in [3.05, 3.63) is 71.7 Å². The standard InChI is InChI=1S/C19H17NO4/c1-13-8-9-16(22-2)15(10-13)19(21)23-12-18-20-11-17(24-18)14-6-4-3-5-7-14/h3-11H,12H2,1-2H3. The molecule has 5 nitrogen and oxygen atoms in total. The Morgan fingerprint density at radius 3 is 2.71 bits per heavy atom. The lowest BCUT2D eigenvalue weighted by Gasteiger charge is -2.08. The molecule has 1 heterocycles. The lowest BCUT2D eigenvalue weighted by Crippen LogP contribution is -2.07. The number of rotatable bonds is 5. The van der Waals surface area contributed by atoms with Crippen molar-refractivity contribution >= 4 is 5.97 Å². The van der Waals surface area contributed by atoms with Gasteiger partial charge in [0.05, 0.1) is 13.3 Å². The summed E-state index contributed by atoms with van der Waals surface area (Å²) in [6.45, 7) is 1.86. The molecular weight excluding hydrogens is 306 g/mol. The minimum atomic E-state index is -0.477. The van der Waals surface area contributed by atoms with E-state index in [9.17, 15) is 4.79 Å². The second-order valence-electron chi connectivity index (χ2n) is 5.26. The van der Waals surface area contributed by atoms with Crippen molar-refractivity contribution in [2.45, 2.75) is 13.5 Å². The number of carbonyl (C=O) groups is 1. The normalized spacial score (nSPS) is 10.4. The summed E-state index contributed by atoms with van der Waals surface area (Å²) in [4.78, 5) is 16.4. The van der Waals surface area contributed by atoms with E-state index in [1.165, 1.54) is 7.11 Å². The number of carbonyl (C=O) groups excluding carboxylic acids is 1. The summed E-state index contributed by atoms with van der Waals surface area (Å²) in [6.07, 6.45) is 1.62. The van der Waals surface area contributed by atoms with Crippen LogP contribution >= 0.6 is 0 Å². The third kappa shape index (κ3) is 3.46. The van der Waals surface area contributed by atoms with Gasteiger partial charge in [-0.05, 0) is 19.1 Å². The fourth-order valence-corrected chi connectivity index (χ4v) is 2.30. The van der Waals surface area contributed by atoms with E-state index in [2.05, 4.69) is 4.98 Å². The molecule has 0 bridgehead atoms. The molecule has 0 fully saturated rings. The van der Waals surface area contributed by atoms with Crippen molar-refractivity contribution in [3.8, 4) is 17.1 Å². The van der Waals surface area contributed by atoms with Crippen LogP contribution in [-0.4, -0.2) is 18.1 Å². The third-order valence-electron chi connectivity index (χ3n) is 3.51. The van der Waals surface area contributed by atoms with Crippen LogP contribution in [0.15, 0.2) is 59.1 Å². The van der Waals surface area contributed by atoms with Gasteiger partial charge >= 0.3 is 5.97 Å². The Hall–Kier alpha value is -3.08. The van der Waals surface area contributed by atoms with Gasteiger partial charge in [-0.15, -0.1) is 0 Å². The third-order valence-corrected chi connectivity index (χ3v) is 3.51. The van der Waals surface area contributed by atoms with Crippen LogP contribution < -0.4 is 4.74 Å². The molecule has 0 atom stereocenters. The predicted octanol–water partition coefficient (Wildman–Crippen LogP) is 4.02. The van der Waals surface area contributed by atoms with Crippen molar-refractivity contribution in [2.24, 2.45) is 0 Å². The Morgan fingerprint density at radius 2 is 1.96 bits per heavy atom. The SMILES string of the molecule is COc1ccc(C)cc1C(=O)OCc1ncc(-c2ccccc2)o1. The lowest BCUT2D eigenvalue weighted by atomic mass is 10.1. The van der Waals surface area contributed by atoms with Gasteiger partial charge in [-0.25, -0.2) is 9.78 Å². The smallest absolute Gasteiger partial charge is 0.342 e. The highest BCUT2D eigenvalue weighted by Gasteiger charge is 2.15. The van der Waals surface area contributed by atoms with Gasteiger partial charge in [0.2, 0.25) is 5.89 Å². The number of ether oxygens (including phenoxy) is 2. The van der Waals surface area contributed by atoms with Crippen molar-refractivity contribution < 1.29 is 18.7 Å². The molecule has 0 saturated heterocycles. The monoisotopic (exact) mass is 323 g/mol. The number of nitrogens with zero attached hydrogens (tertiary/aromatic N) is 1. The average Bonchev–Trinajstić information content (AvgIpc) is 3.09. The number of oxazole rings is 1. The largest absolute Gasteiger partial charge is 0.496 e. The van der Waals surface area contributed by atoms with E-state index in [4.69, 9.17) is 13.9 Å². The van der Waals surface area contributed by atoms with Crippen molar-refractivity contribution in [3.63, 3.8) is 0 Å². The Morgan fingerprint density at radius 1 is 1.17 bits per heavy atom. The Balaban J connectivity index is 1.69. The first-order valence-corrected chi connectivity index (χ1v) is 7.49. The van der Waals surface area contributed by atoms with E-state index < -0.39 is 5.97 Å². The number of benzene rings is 2. The van der Waals surface area contributed by atoms with Gasteiger partial charge in [-0.3, -0.25) is 0 Å². The van der Waals surface area contributed by atoms with E-state index in [1.807, 2.05) is 43.3 Å². The van der Waals surface area contributed by atoms with E-state index in [1.54, 1.807) is 18.3 Å². The zero-order valence-corrected chi connectivity index (χ0v) is 13.5. The number of hydrogen-bond acceptors (Lipinski definition) is 5. The predicted molar refractivity (Wildman–Crippen MR) is 88.8 cm³/mol. The summed E-state index contributed by atoms with van der Waals surface area (Å²) in [5.41, 5.74) is 2.25. The number of aryl methyl sites for hydroxylation is 1. The van der Waals surface area contributed by atoms with Gasteiger partial charge in [0.1, 0.15) is 11.3 Å². The summed E-state index contributed by atoms with van der Waals surface area (Å²) in [7, 11) is 1.52. The molecule has 1 aromatic heterocycles. The second-order valence-corrected chi connectivity index (χ2v) is 5.26. The molecule has 0 radical (unpaired) electrons. The van der Waals surface area contributed by atoms with Gasteiger partial charge in [0.15, 0.2) is 12.4 Å². The molecule has 0 spiro atoms. The van der Waals surface area contributed by atoms with E-state index in [0.29, 0.717) is 23.0 Å². The lowest BCUT2D eigenvalue weighted by molar-refractivity contribution is 0.0435. The maximum absolute atomic E-state index is 12.3. The summed E-state index contributed by atoms with van der Waals surface area (Å²) in [6, 6.07) is 15.0.